The quantitative estimate of drug-likeness (QED) is 0.835. The van der Waals surface area contributed by atoms with Crippen LogP contribution in [0.3, 0.4) is 0 Å². The minimum Gasteiger partial charge on any atom is -0.489 e. The highest BCUT2D eigenvalue weighted by atomic mass is 79.9. The molecule has 6 heteroatoms. The van der Waals surface area contributed by atoms with E-state index in [-0.39, 0.29) is 5.41 Å². The lowest BCUT2D eigenvalue weighted by Crippen LogP contribution is -2.26. The van der Waals surface area contributed by atoms with E-state index >= 15 is 0 Å². The van der Waals surface area contributed by atoms with Crippen molar-refractivity contribution in [1.82, 2.24) is 0 Å². The normalized spacial score (nSPS) is 18.1. The number of esters is 1. The molecule has 1 N–H and O–H groups in total. The van der Waals surface area contributed by atoms with E-state index in [1.54, 1.807) is 12.1 Å². The number of methoxy groups -OCH3 is 1. The van der Waals surface area contributed by atoms with Crippen molar-refractivity contribution in [2.24, 2.45) is 5.41 Å². The maximum absolute atomic E-state index is 11.4. The Morgan fingerprint density at radius 3 is 2.45 bits per heavy atom. The highest BCUT2D eigenvalue weighted by Crippen LogP contribution is 2.39. The van der Waals surface area contributed by atoms with Gasteiger partial charge in [-0.3, -0.25) is 0 Å². The highest BCUT2D eigenvalue weighted by molar-refractivity contribution is 9.10. The number of ether oxygens (including phenoxy) is 3. The molecule has 0 bridgehead atoms. The smallest absolute Gasteiger partial charge is 0.339 e. The van der Waals surface area contributed by atoms with E-state index in [0.29, 0.717) is 34.7 Å². The number of rotatable bonds is 2. The Morgan fingerprint density at radius 2 is 1.90 bits per heavy atom. The molecular weight excluding hydrogens is 328 g/mol. The van der Waals surface area contributed by atoms with Gasteiger partial charge in [0.2, 0.25) is 0 Å². The molecule has 0 saturated heterocycles. The average molecular weight is 345 g/mol. The number of halogens is 1. The third-order valence-electron chi connectivity index (χ3n) is 3.02. The summed E-state index contributed by atoms with van der Waals surface area (Å²) < 4.78 is 16.5. The second-order valence-corrected chi connectivity index (χ2v) is 6.34. The molecular formula is C14H17BrO5. The fourth-order valence-electron chi connectivity index (χ4n) is 1.81. The van der Waals surface area contributed by atoms with Crippen LogP contribution in [-0.4, -0.2) is 31.4 Å². The molecule has 1 aliphatic heterocycles. The van der Waals surface area contributed by atoms with E-state index in [2.05, 4.69) is 20.7 Å². The van der Waals surface area contributed by atoms with Crippen molar-refractivity contribution in [3.8, 4) is 11.5 Å². The predicted molar refractivity (Wildman–Crippen MR) is 75.9 cm³/mol. The Hall–Kier alpha value is -1.27. The van der Waals surface area contributed by atoms with Crippen molar-refractivity contribution in [3.05, 3.63) is 22.2 Å². The van der Waals surface area contributed by atoms with Gasteiger partial charge < -0.3 is 19.3 Å². The Bertz CT molecular complexity index is 527. The summed E-state index contributed by atoms with van der Waals surface area (Å²) in [6, 6.07) is 3.29. The van der Waals surface area contributed by atoms with Crippen LogP contribution in [0, 0.1) is 5.41 Å². The van der Waals surface area contributed by atoms with Gasteiger partial charge in [-0.05, 0) is 12.1 Å². The van der Waals surface area contributed by atoms with Crippen LogP contribution in [0.4, 0.5) is 0 Å². The fraction of sp³-hybridized carbons (Fsp3) is 0.500. The topological polar surface area (TPSA) is 65.0 Å². The van der Waals surface area contributed by atoms with Gasteiger partial charge in [-0.25, -0.2) is 4.79 Å². The standard InChI is InChI=1S/C14H17BrO5/c1-14(2)6-19-10-4-8(12(16)13(17)18-3)9(15)5-11(10)20-7-14/h4-5,12,16H,6-7H2,1-3H3. The zero-order valence-corrected chi connectivity index (χ0v) is 13.2. The molecule has 20 heavy (non-hydrogen) atoms. The average Bonchev–Trinajstić information content (AvgIpc) is 2.55. The van der Waals surface area contributed by atoms with Crippen LogP contribution < -0.4 is 9.47 Å². The fourth-order valence-corrected chi connectivity index (χ4v) is 2.35. The van der Waals surface area contributed by atoms with Crippen molar-refractivity contribution >= 4 is 21.9 Å². The van der Waals surface area contributed by atoms with Crippen molar-refractivity contribution in [2.75, 3.05) is 20.3 Å². The molecule has 1 aromatic carbocycles. The number of hydrogen-bond donors (Lipinski definition) is 1. The minimum absolute atomic E-state index is 0.105. The second-order valence-electron chi connectivity index (χ2n) is 5.49. The molecule has 0 spiro atoms. The SMILES string of the molecule is COC(=O)C(O)c1cc2c(cc1Br)OCC(C)(C)CO2. The molecule has 110 valence electrons. The maximum Gasteiger partial charge on any atom is 0.339 e. The summed E-state index contributed by atoms with van der Waals surface area (Å²) >= 11 is 3.32. The molecule has 0 amide bonds. The van der Waals surface area contributed by atoms with Gasteiger partial charge in [0.05, 0.1) is 20.3 Å². The first kappa shape index (κ1) is 15.1. The summed E-state index contributed by atoms with van der Waals surface area (Å²) in [5, 5.41) is 9.94. The number of benzene rings is 1. The molecule has 0 saturated carbocycles. The second kappa shape index (κ2) is 5.61. The number of aliphatic hydroxyl groups excluding tert-OH is 1. The van der Waals surface area contributed by atoms with E-state index in [1.165, 1.54) is 7.11 Å². The molecule has 1 atom stereocenters. The Balaban J connectivity index is 2.36. The third kappa shape index (κ3) is 3.07. The first-order valence-electron chi connectivity index (χ1n) is 6.19. The molecule has 0 aliphatic carbocycles. The van der Waals surface area contributed by atoms with Crippen LogP contribution in [-0.2, 0) is 9.53 Å². The van der Waals surface area contributed by atoms with Gasteiger partial charge in [-0.15, -0.1) is 0 Å². The molecule has 1 aromatic rings. The van der Waals surface area contributed by atoms with Gasteiger partial charge >= 0.3 is 5.97 Å². The molecule has 1 heterocycles. The minimum atomic E-state index is -1.36. The zero-order valence-electron chi connectivity index (χ0n) is 11.6. The number of fused-ring (bicyclic) bond motifs is 1. The molecule has 0 fully saturated rings. The Morgan fingerprint density at radius 1 is 1.35 bits per heavy atom. The van der Waals surface area contributed by atoms with Crippen LogP contribution in [0.2, 0.25) is 0 Å². The Labute approximate surface area is 126 Å². The number of hydrogen-bond acceptors (Lipinski definition) is 5. The van der Waals surface area contributed by atoms with Crippen LogP contribution in [0.5, 0.6) is 11.5 Å². The third-order valence-corrected chi connectivity index (χ3v) is 3.71. The van der Waals surface area contributed by atoms with Crippen LogP contribution >= 0.6 is 15.9 Å². The summed E-state index contributed by atoms with van der Waals surface area (Å²) in [6.45, 7) is 5.11. The first-order valence-corrected chi connectivity index (χ1v) is 6.98. The summed E-state index contributed by atoms with van der Waals surface area (Å²) in [4.78, 5) is 11.4. The van der Waals surface area contributed by atoms with Crippen molar-refractivity contribution in [3.63, 3.8) is 0 Å². The van der Waals surface area contributed by atoms with E-state index in [4.69, 9.17) is 9.47 Å². The van der Waals surface area contributed by atoms with Crippen molar-refractivity contribution < 1.29 is 24.1 Å². The number of carbonyl (C=O) groups excluding carboxylic acids is 1. The van der Waals surface area contributed by atoms with Crippen molar-refractivity contribution in [2.45, 2.75) is 20.0 Å². The zero-order chi connectivity index (χ0) is 14.9. The summed E-state index contributed by atoms with van der Waals surface area (Å²) in [6.07, 6.45) is -1.36. The van der Waals surface area contributed by atoms with E-state index in [1.807, 2.05) is 13.8 Å². The van der Waals surface area contributed by atoms with E-state index < -0.39 is 12.1 Å². The highest BCUT2D eigenvalue weighted by Gasteiger charge is 2.28. The predicted octanol–water partition coefficient (Wildman–Crippen LogP) is 2.45. The lowest BCUT2D eigenvalue weighted by atomic mass is 9.97. The number of carbonyl (C=O) groups is 1. The molecule has 0 radical (unpaired) electrons. The first-order chi connectivity index (χ1) is 9.34. The summed E-state index contributed by atoms with van der Waals surface area (Å²) in [7, 11) is 1.23. The molecule has 2 rings (SSSR count). The van der Waals surface area contributed by atoms with Gasteiger partial charge in [0.25, 0.3) is 0 Å². The summed E-state index contributed by atoms with van der Waals surface area (Å²) in [5.74, 6) is 0.375. The van der Waals surface area contributed by atoms with Gasteiger partial charge in [0, 0.05) is 15.5 Å². The largest absolute Gasteiger partial charge is 0.489 e. The molecule has 1 unspecified atom stereocenters. The van der Waals surface area contributed by atoms with Gasteiger partial charge in [-0.2, -0.15) is 0 Å². The molecule has 1 aliphatic rings. The maximum atomic E-state index is 11.4. The van der Waals surface area contributed by atoms with E-state index in [9.17, 15) is 9.90 Å². The summed E-state index contributed by atoms with van der Waals surface area (Å²) in [5.41, 5.74) is 0.283. The lowest BCUT2D eigenvalue weighted by Gasteiger charge is -2.19. The lowest BCUT2D eigenvalue weighted by molar-refractivity contribution is -0.150. The molecule has 0 aromatic heterocycles. The van der Waals surface area contributed by atoms with Gasteiger partial charge in [0.15, 0.2) is 17.6 Å². The van der Waals surface area contributed by atoms with Gasteiger partial charge in [0.1, 0.15) is 0 Å². The van der Waals surface area contributed by atoms with Crippen LogP contribution in [0.25, 0.3) is 0 Å². The van der Waals surface area contributed by atoms with E-state index in [0.717, 1.165) is 0 Å². The van der Waals surface area contributed by atoms with Gasteiger partial charge in [-0.1, -0.05) is 29.8 Å². The van der Waals surface area contributed by atoms with Crippen LogP contribution in [0.15, 0.2) is 16.6 Å². The van der Waals surface area contributed by atoms with Crippen LogP contribution in [0.1, 0.15) is 25.5 Å². The molecule has 5 nitrogen and oxygen atoms in total. The monoisotopic (exact) mass is 344 g/mol. The Kier molecular flexibility index (Phi) is 4.25. The van der Waals surface area contributed by atoms with Crippen molar-refractivity contribution in [1.29, 1.82) is 0 Å². The number of aliphatic hydroxyl groups is 1.